The maximum Gasteiger partial charge on any atom is 0.339 e. The number of Topliss-reactive ketones (excluding diaryl/α,β-unsaturated/α-hetero) is 1. The molecule has 1 saturated heterocycles. The van der Waals surface area contributed by atoms with Crippen LogP contribution in [0.5, 0.6) is 11.5 Å². The van der Waals surface area contributed by atoms with Gasteiger partial charge in [0.25, 0.3) is 0 Å². The Labute approximate surface area is 207 Å². The minimum atomic E-state index is -1.08. The van der Waals surface area contributed by atoms with Crippen LogP contribution in [0.15, 0.2) is 34.9 Å². The minimum Gasteiger partial charge on any atom is -0.490 e. The van der Waals surface area contributed by atoms with Crippen LogP contribution in [-0.2, 0) is 9.59 Å². The van der Waals surface area contributed by atoms with Gasteiger partial charge in [0.1, 0.15) is 5.76 Å². The van der Waals surface area contributed by atoms with Gasteiger partial charge in [-0.2, -0.15) is 0 Å². The van der Waals surface area contributed by atoms with Crippen molar-refractivity contribution in [1.29, 1.82) is 0 Å². The first kappa shape index (κ1) is 24.7. The number of nitrogens with zero attached hydrogens (tertiary/aromatic N) is 4. The monoisotopic (exact) mass is 494 g/mol. The van der Waals surface area contributed by atoms with Crippen LogP contribution in [0, 0.1) is 20.8 Å². The third kappa shape index (κ3) is 4.23. The van der Waals surface area contributed by atoms with Gasteiger partial charge in [-0.1, -0.05) is 5.16 Å². The molecule has 188 valence electrons. The number of amides is 4. The van der Waals surface area contributed by atoms with E-state index in [0.717, 1.165) is 10.6 Å². The van der Waals surface area contributed by atoms with Crippen molar-refractivity contribution in [3.63, 3.8) is 0 Å². The second-order valence-corrected chi connectivity index (χ2v) is 8.15. The summed E-state index contributed by atoms with van der Waals surface area (Å²) in [6, 6.07) is 6.96. The van der Waals surface area contributed by atoms with Crippen molar-refractivity contribution >= 4 is 29.3 Å². The molecule has 0 aliphatic carbocycles. The smallest absolute Gasteiger partial charge is 0.339 e. The molecule has 0 atom stereocenters. The topological polar surface area (TPSA) is 124 Å². The maximum absolute atomic E-state index is 13.2. The Morgan fingerprint density at radius 2 is 1.64 bits per heavy atom. The van der Waals surface area contributed by atoms with E-state index < -0.39 is 30.2 Å². The van der Waals surface area contributed by atoms with E-state index in [1.54, 1.807) is 50.5 Å². The summed E-state index contributed by atoms with van der Waals surface area (Å²) in [5, 5.41) is 3.99. The zero-order valence-corrected chi connectivity index (χ0v) is 20.7. The number of benzene rings is 1. The first-order chi connectivity index (χ1) is 17.2. The van der Waals surface area contributed by atoms with Gasteiger partial charge in [0.15, 0.2) is 23.1 Å². The van der Waals surface area contributed by atoms with Crippen LogP contribution in [0.3, 0.4) is 0 Å². The van der Waals surface area contributed by atoms with Crippen molar-refractivity contribution in [2.45, 2.75) is 34.6 Å². The minimum absolute atomic E-state index is 0.139. The lowest BCUT2D eigenvalue weighted by molar-refractivity contribution is -0.139. The van der Waals surface area contributed by atoms with Gasteiger partial charge in [-0.15, -0.1) is 0 Å². The van der Waals surface area contributed by atoms with Gasteiger partial charge in [0, 0.05) is 29.1 Å². The number of aromatic nitrogens is 2. The predicted molar refractivity (Wildman–Crippen MR) is 128 cm³/mol. The highest BCUT2D eigenvalue weighted by Gasteiger charge is 2.46. The Morgan fingerprint density at radius 3 is 2.28 bits per heavy atom. The number of ketones is 1. The fourth-order valence-electron chi connectivity index (χ4n) is 4.14. The van der Waals surface area contributed by atoms with Crippen molar-refractivity contribution in [1.82, 2.24) is 14.6 Å². The maximum atomic E-state index is 13.2. The molecule has 1 aliphatic heterocycles. The molecule has 0 saturated carbocycles. The standard InChI is InChI=1S/C25H26N4O7/c1-6-34-20-9-8-17(12-21(20)35-7-2)29-24(32)23(31)27(25(29)33)13-19(30)18-10-14(3)28(16(18)5)22-11-15(4)36-26-22/h8-12H,6-7,13H2,1-5H3. The predicted octanol–water partition coefficient (Wildman–Crippen LogP) is 3.37. The lowest BCUT2D eigenvalue weighted by Gasteiger charge is -2.17. The Balaban J connectivity index is 1.60. The molecule has 0 bridgehead atoms. The normalized spacial score (nSPS) is 13.6. The van der Waals surface area contributed by atoms with Crippen LogP contribution in [-0.4, -0.2) is 58.0 Å². The number of carbonyl (C=O) groups is 4. The van der Waals surface area contributed by atoms with E-state index >= 15 is 0 Å². The largest absolute Gasteiger partial charge is 0.490 e. The summed E-state index contributed by atoms with van der Waals surface area (Å²) in [5.74, 6) is -0.735. The lowest BCUT2D eigenvalue weighted by atomic mass is 10.1. The van der Waals surface area contributed by atoms with E-state index in [0.29, 0.717) is 52.4 Å². The van der Waals surface area contributed by atoms with Gasteiger partial charge >= 0.3 is 17.8 Å². The van der Waals surface area contributed by atoms with Gasteiger partial charge in [-0.3, -0.25) is 19.0 Å². The zero-order chi connectivity index (χ0) is 26.1. The number of aryl methyl sites for hydroxylation is 2. The molecule has 1 fully saturated rings. The summed E-state index contributed by atoms with van der Waals surface area (Å²) in [5.41, 5.74) is 1.74. The van der Waals surface area contributed by atoms with Gasteiger partial charge in [-0.25, -0.2) is 14.6 Å². The molecule has 3 aromatic rings. The third-order valence-electron chi connectivity index (χ3n) is 5.72. The number of hydrogen-bond acceptors (Lipinski definition) is 8. The molecule has 2 aromatic heterocycles. The lowest BCUT2D eigenvalue weighted by Crippen LogP contribution is -2.37. The number of carbonyl (C=O) groups excluding carboxylic acids is 4. The van der Waals surface area contributed by atoms with Gasteiger partial charge in [0.05, 0.1) is 25.4 Å². The SMILES string of the molecule is CCOc1ccc(N2C(=O)C(=O)N(CC(=O)c3cc(C)n(-c4cc(C)on4)c3C)C2=O)cc1OCC. The molecular weight excluding hydrogens is 468 g/mol. The number of urea groups is 1. The summed E-state index contributed by atoms with van der Waals surface area (Å²) >= 11 is 0. The van der Waals surface area contributed by atoms with E-state index in [1.807, 2.05) is 6.92 Å². The molecule has 0 radical (unpaired) electrons. The molecule has 1 aliphatic rings. The zero-order valence-electron chi connectivity index (χ0n) is 20.7. The van der Waals surface area contributed by atoms with Crippen LogP contribution in [0.4, 0.5) is 10.5 Å². The Kier molecular flexibility index (Phi) is 6.65. The quantitative estimate of drug-likeness (QED) is 0.252. The van der Waals surface area contributed by atoms with Gasteiger partial charge < -0.3 is 14.0 Å². The summed E-state index contributed by atoms with van der Waals surface area (Å²) in [6.07, 6.45) is 0. The molecule has 4 amide bonds. The molecule has 3 heterocycles. The first-order valence-electron chi connectivity index (χ1n) is 11.4. The van der Waals surface area contributed by atoms with Gasteiger partial charge in [0.2, 0.25) is 0 Å². The van der Waals surface area contributed by atoms with Crippen molar-refractivity contribution in [3.05, 3.63) is 53.0 Å². The first-order valence-corrected chi connectivity index (χ1v) is 11.4. The van der Waals surface area contributed by atoms with Gasteiger partial charge in [-0.05, 0) is 52.8 Å². The summed E-state index contributed by atoms with van der Waals surface area (Å²) in [4.78, 5) is 53.1. The Hall–Kier alpha value is -4.41. The molecular formula is C25H26N4O7. The van der Waals surface area contributed by atoms with Crippen molar-refractivity contribution in [2.75, 3.05) is 24.7 Å². The highest BCUT2D eigenvalue weighted by Crippen LogP contribution is 2.34. The summed E-state index contributed by atoms with van der Waals surface area (Å²) in [6.45, 7) is 9.02. The van der Waals surface area contributed by atoms with E-state index in [9.17, 15) is 19.2 Å². The Morgan fingerprint density at radius 1 is 0.944 bits per heavy atom. The number of ether oxygens (including phenoxy) is 2. The number of imide groups is 2. The molecule has 0 N–H and O–H groups in total. The van der Waals surface area contributed by atoms with E-state index in [1.165, 1.54) is 12.1 Å². The molecule has 11 heteroatoms. The van der Waals surface area contributed by atoms with Crippen LogP contribution in [0.25, 0.3) is 5.82 Å². The van der Waals surface area contributed by atoms with E-state index in [4.69, 9.17) is 14.0 Å². The second-order valence-electron chi connectivity index (χ2n) is 8.15. The number of rotatable bonds is 9. The van der Waals surface area contributed by atoms with E-state index in [2.05, 4.69) is 5.16 Å². The molecule has 36 heavy (non-hydrogen) atoms. The van der Waals surface area contributed by atoms with Crippen LogP contribution >= 0.6 is 0 Å². The third-order valence-corrected chi connectivity index (χ3v) is 5.72. The molecule has 0 spiro atoms. The summed E-state index contributed by atoms with van der Waals surface area (Å²) in [7, 11) is 0. The fraction of sp³-hybridized carbons (Fsp3) is 0.320. The Bertz CT molecular complexity index is 1370. The highest BCUT2D eigenvalue weighted by molar-refractivity contribution is 6.53. The van der Waals surface area contributed by atoms with E-state index in [-0.39, 0.29) is 5.69 Å². The molecule has 4 rings (SSSR count). The fourth-order valence-corrected chi connectivity index (χ4v) is 4.14. The molecule has 11 nitrogen and oxygen atoms in total. The van der Waals surface area contributed by atoms with Crippen molar-refractivity contribution in [3.8, 4) is 17.3 Å². The average Bonchev–Trinajstić information content (AvgIpc) is 3.45. The molecule has 1 aromatic carbocycles. The van der Waals surface area contributed by atoms with Crippen molar-refractivity contribution < 1.29 is 33.2 Å². The van der Waals surface area contributed by atoms with Crippen molar-refractivity contribution in [2.24, 2.45) is 0 Å². The average molecular weight is 495 g/mol. The van der Waals surface area contributed by atoms with Crippen LogP contribution in [0.2, 0.25) is 0 Å². The molecule has 0 unspecified atom stereocenters. The second kappa shape index (κ2) is 9.68. The van der Waals surface area contributed by atoms with Crippen LogP contribution < -0.4 is 14.4 Å². The number of anilines is 1. The highest BCUT2D eigenvalue weighted by atomic mass is 16.5. The number of hydrogen-bond donors (Lipinski definition) is 0. The summed E-state index contributed by atoms with van der Waals surface area (Å²) < 4.78 is 17.9. The van der Waals surface area contributed by atoms with Crippen LogP contribution in [0.1, 0.15) is 41.4 Å².